The van der Waals surface area contributed by atoms with Gasteiger partial charge in [-0.3, -0.25) is 9.59 Å². The van der Waals surface area contributed by atoms with Gasteiger partial charge < -0.3 is 9.80 Å². The van der Waals surface area contributed by atoms with E-state index in [1.807, 2.05) is 24.3 Å². The Labute approximate surface area is 164 Å². The molecule has 0 spiro atoms. The third kappa shape index (κ3) is 3.58. The Bertz CT molecular complexity index is 986. The molecule has 4 heteroatoms. The number of rotatable bonds is 4. The van der Waals surface area contributed by atoms with Crippen LogP contribution >= 0.6 is 0 Å². The van der Waals surface area contributed by atoms with Gasteiger partial charge in [-0.15, -0.1) is 12.8 Å². The SMILES string of the molecule is C#Cc1ccc(N(C)C2=CC(=O)C(N(C)c3ccc(C#C)cc3)=CC2=O)cc1. The number of carbonyl (C=O) groups is 2. The van der Waals surface area contributed by atoms with Crippen molar-refractivity contribution in [1.29, 1.82) is 0 Å². The third-order valence-corrected chi connectivity index (χ3v) is 4.61. The highest BCUT2D eigenvalue weighted by atomic mass is 16.1. The molecular formula is C24H18N2O2. The molecule has 0 fully saturated rings. The molecule has 1 aliphatic carbocycles. The number of nitrogens with zero attached hydrogens (tertiary/aromatic N) is 2. The van der Waals surface area contributed by atoms with Gasteiger partial charge in [0.25, 0.3) is 0 Å². The molecular weight excluding hydrogens is 348 g/mol. The monoisotopic (exact) mass is 366 g/mol. The van der Waals surface area contributed by atoms with Crippen molar-refractivity contribution in [2.24, 2.45) is 0 Å². The molecule has 136 valence electrons. The van der Waals surface area contributed by atoms with E-state index < -0.39 is 0 Å². The first-order valence-corrected chi connectivity index (χ1v) is 8.57. The first-order valence-electron chi connectivity index (χ1n) is 8.57. The Morgan fingerprint density at radius 3 is 1.25 bits per heavy atom. The number of hydrogen-bond acceptors (Lipinski definition) is 4. The Morgan fingerprint density at radius 1 is 0.643 bits per heavy atom. The van der Waals surface area contributed by atoms with E-state index in [2.05, 4.69) is 11.8 Å². The van der Waals surface area contributed by atoms with Crippen LogP contribution in [0.15, 0.2) is 72.1 Å². The fraction of sp³-hybridized carbons (Fsp3) is 0.0833. The molecule has 3 rings (SSSR count). The number of carbonyl (C=O) groups excluding carboxylic acids is 2. The lowest BCUT2D eigenvalue weighted by atomic mass is 10.0. The lowest BCUT2D eigenvalue weighted by Crippen LogP contribution is -2.31. The van der Waals surface area contributed by atoms with E-state index in [4.69, 9.17) is 12.8 Å². The molecule has 28 heavy (non-hydrogen) atoms. The maximum absolute atomic E-state index is 12.7. The van der Waals surface area contributed by atoms with E-state index >= 15 is 0 Å². The average Bonchev–Trinajstić information content (AvgIpc) is 2.74. The number of anilines is 2. The molecule has 2 aromatic rings. The summed E-state index contributed by atoms with van der Waals surface area (Å²) in [6.07, 6.45) is 13.5. The van der Waals surface area contributed by atoms with Crippen molar-refractivity contribution in [2.75, 3.05) is 23.9 Å². The molecule has 0 atom stereocenters. The molecule has 0 unspecified atom stereocenters. The number of ketones is 2. The number of likely N-dealkylation sites (N-methyl/N-ethyl adjacent to an activating group) is 2. The van der Waals surface area contributed by atoms with Gasteiger partial charge in [0.15, 0.2) is 0 Å². The van der Waals surface area contributed by atoms with Crippen molar-refractivity contribution < 1.29 is 9.59 Å². The van der Waals surface area contributed by atoms with Gasteiger partial charge in [0, 0.05) is 48.7 Å². The molecule has 0 amide bonds. The summed E-state index contributed by atoms with van der Waals surface area (Å²) in [6, 6.07) is 14.4. The van der Waals surface area contributed by atoms with E-state index in [-0.39, 0.29) is 11.6 Å². The van der Waals surface area contributed by atoms with Crippen LogP contribution in [-0.2, 0) is 9.59 Å². The Balaban J connectivity index is 1.84. The van der Waals surface area contributed by atoms with Crippen LogP contribution in [0, 0.1) is 24.7 Å². The summed E-state index contributed by atoms with van der Waals surface area (Å²) in [5, 5.41) is 0. The van der Waals surface area contributed by atoms with Gasteiger partial charge in [0.1, 0.15) is 0 Å². The predicted molar refractivity (Wildman–Crippen MR) is 112 cm³/mol. The summed E-state index contributed by atoms with van der Waals surface area (Å²) in [5.41, 5.74) is 3.63. The lowest BCUT2D eigenvalue weighted by molar-refractivity contribution is -0.115. The van der Waals surface area contributed by atoms with Crippen molar-refractivity contribution in [3.8, 4) is 24.7 Å². The summed E-state index contributed by atoms with van der Waals surface area (Å²) in [4.78, 5) is 28.8. The summed E-state index contributed by atoms with van der Waals surface area (Å²) in [5.74, 6) is 4.61. The first kappa shape index (κ1) is 18.8. The average molecular weight is 366 g/mol. The summed E-state index contributed by atoms with van der Waals surface area (Å²) < 4.78 is 0. The smallest absolute Gasteiger partial charge is 0.204 e. The standard InChI is InChI=1S/C24H18N2O2/c1-5-17-7-11-19(12-8-17)25(3)21-15-24(28)22(16-23(21)27)26(4)20-13-9-18(6-2)10-14-20/h1-2,7-16H,3-4H3. The molecule has 0 aromatic heterocycles. The molecule has 0 heterocycles. The van der Waals surface area contributed by atoms with Gasteiger partial charge in [-0.05, 0) is 48.5 Å². The Hall–Kier alpha value is -4.02. The van der Waals surface area contributed by atoms with Crippen molar-refractivity contribution in [3.63, 3.8) is 0 Å². The number of terminal acetylenes is 2. The van der Waals surface area contributed by atoms with Crippen molar-refractivity contribution in [3.05, 3.63) is 83.2 Å². The van der Waals surface area contributed by atoms with Gasteiger partial charge in [0.05, 0.1) is 11.4 Å². The maximum Gasteiger partial charge on any atom is 0.204 e. The molecule has 1 aliphatic rings. The van der Waals surface area contributed by atoms with Crippen LogP contribution in [0.25, 0.3) is 0 Å². The molecule has 0 aliphatic heterocycles. The number of hydrogen-bond donors (Lipinski definition) is 0. The summed E-state index contributed by atoms with van der Waals surface area (Å²) in [6.45, 7) is 0. The van der Waals surface area contributed by atoms with Crippen LogP contribution in [0.4, 0.5) is 11.4 Å². The van der Waals surface area contributed by atoms with Crippen molar-refractivity contribution in [1.82, 2.24) is 0 Å². The summed E-state index contributed by atoms with van der Waals surface area (Å²) in [7, 11) is 3.48. The second kappa shape index (κ2) is 7.70. The highest BCUT2D eigenvalue weighted by Crippen LogP contribution is 2.25. The van der Waals surface area contributed by atoms with Gasteiger partial charge in [-0.25, -0.2) is 0 Å². The normalized spacial score (nSPS) is 13.1. The van der Waals surface area contributed by atoms with Gasteiger partial charge in [-0.2, -0.15) is 0 Å². The van der Waals surface area contributed by atoms with E-state index in [9.17, 15) is 9.59 Å². The molecule has 4 nitrogen and oxygen atoms in total. The van der Waals surface area contributed by atoms with Crippen LogP contribution in [0.5, 0.6) is 0 Å². The molecule has 0 radical (unpaired) electrons. The maximum atomic E-state index is 12.7. The fourth-order valence-electron chi connectivity index (χ4n) is 2.90. The second-order valence-electron chi connectivity index (χ2n) is 6.29. The van der Waals surface area contributed by atoms with Crippen LogP contribution in [0.1, 0.15) is 11.1 Å². The van der Waals surface area contributed by atoms with E-state index in [1.165, 1.54) is 12.2 Å². The number of allylic oxidation sites excluding steroid dienone is 2. The zero-order chi connectivity index (χ0) is 20.3. The highest BCUT2D eigenvalue weighted by Gasteiger charge is 2.26. The van der Waals surface area contributed by atoms with E-state index in [1.54, 1.807) is 48.2 Å². The van der Waals surface area contributed by atoms with E-state index in [0.29, 0.717) is 11.4 Å². The summed E-state index contributed by atoms with van der Waals surface area (Å²) >= 11 is 0. The molecule has 0 saturated carbocycles. The molecule has 2 aromatic carbocycles. The van der Waals surface area contributed by atoms with Crippen LogP contribution in [0.3, 0.4) is 0 Å². The van der Waals surface area contributed by atoms with Crippen LogP contribution in [-0.4, -0.2) is 25.7 Å². The second-order valence-corrected chi connectivity index (χ2v) is 6.29. The zero-order valence-electron chi connectivity index (χ0n) is 15.6. The Kier molecular flexibility index (Phi) is 5.16. The first-order chi connectivity index (χ1) is 13.4. The quantitative estimate of drug-likeness (QED) is 0.616. The lowest BCUT2D eigenvalue weighted by Gasteiger charge is -2.27. The molecule has 0 bridgehead atoms. The minimum absolute atomic E-state index is 0.245. The molecule has 0 saturated heterocycles. The van der Waals surface area contributed by atoms with Gasteiger partial charge in [0.2, 0.25) is 11.6 Å². The number of benzene rings is 2. The van der Waals surface area contributed by atoms with Crippen LogP contribution in [0.2, 0.25) is 0 Å². The fourth-order valence-corrected chi connectivity index (χ4v) is 2.90. The predicted octanol–water partition coefficient (Wildman–Crippen LogP) is 3.14. The highest BCUT2D eigenvalue weighted by molar-refractivity contribution is 6.22. The van der Waals surface area contributed by atoms with Crippen molar-refractivity contribution in [2.45, 2.75) is 0 Å². The van der Waals surface area contributed by atoms with E-state index in [0.717, 1.165) is 22.5 Å². The largest absolute Gasteiger partial charge is 0.341 e. The minimum Gasteiger partial charge on any atom is -0.341 e. The third-order valence-electron chi connectivity index (χ3n) is 4.61. The van der Waals surface area contributed by atoms with Gasteiger partial charge in [-0.1, -0.05) is 11.8 Å². The van der Waals surface area contributed by atoms with Crippen LogP contribution < -0.4 is 9.80 Å². The van der Waals surface area contributed by atoms with Gasteiger partial charge >= 0.3 is 0 Å². The Morgan fingerprint density at radius 2 is 0.964 bits per heavy atom. The minimum atomic E-state index is -0.245. The topological polar surface area (TPSA) is 40.6 Å². The van der Waals surface area contributed by atoms with Crippen molar-refractivity contribution >= 4 is 22.9 Å². The zero-order valence-corrected chi connectivity index (χ0v) is 15.6. The molecule has 0 N–H and O–H groups in total.